The highest BCUT2D eigenvalue weighted by Gasteiger charge is 2.21. The second kappa shape index (κ2) is 7.82. The van der Waals surface area contributed by atoms with Crippen LogP contribution in [0.15, 0.2) is 36.4 Å². The number of carbonyl (C=O) groups is 2. The lowest BCUT2D eigenvalue weighted by Gasteiger charge is -2.26. The van der Waals surface area contributed by atoms with E-state index in [2.05, 4.69) is 10.3 Å². The van der Waals surface area contributed by atoms with Crippen LogP contribution in [0.2, 0.25) is 10.0 Å². The normalized spacial score (nSPS) is 14.2. The van der Waals surface area contributed by atoms with Crippen molar-refractivity contribution in [3.63, 3.8) is 0 Å². The molecule has 2 aromatic rings. The van der Waals surface area contributed by atoms with Gasteiger partial charge in [-0.3, -0.25) is 9.59 Å². The SMILES string of the molecule is O=C(Nc1cc(Cl)ccc1Cl)c1cccc(C(=O)N2CCOCC2)n1. The van der Waals surface area contributed by atoms with Gasteiger partial charge in [0.15, 0.2) is 0 Å². The van der Waals surface area contributed by atoms with Crippen LogP contribution in [-0.4, -0.2) is 48.0 Å². The topological polar surface area (TPSA) is 71.5 Å². The van der Waals surface area contributed by atoms with E-state index in [-0.39, 0.29) is 17.3 Å². The summed E-state index contributed by atoms with van der Waals surface area (Å²) in [6.07, 6.45) is 0. The minimum Gasteiger partial charge on any atom is -0.378 e. The predicted molar refractivity (Wildman–Crippen MR) is 95.4 cm³/mol. The monoisotopic (exact) mass is 379 g/mol. The van der Waals surface area contributed by atoms with Crippen molar-refractivity contribution < 1.29 is 14.3 Å². The summed E-state index contributed by atoms with van der Waals surface area (Å²) in [7, 11) is 0. The van der Waals surface area contributed by atoms with Crippen LogP contribution in [0, 0.1) is 0 Å². The number of nitrogens with zero attached hydrogens (tertiary/aromatic N) is 2. The van der Waals surface area contributed by atoms with Crippen molar-refractivity contribution in [2.75, 3.05) is 31.6 Å². The Morgan fingerprint density at radius 1 is 1.08 bits per heavy atom. The summed E-state index contributed by atoms with van der Waals surface area (Å²) in [5.74, 6) is -0.695. The maximum Gasteiger partial charge on any atom is 0.274 e. The van der Waals surface area contributed by atoms with Gasteiger partial charge < -0.3 is 15.0 Å². The van der Waals surface area contributed by atoms with E-state index in [1.807, 2.05) is 0 Å². The fourth-order valence-corrected chi connectivity index (χ4v) is 2.73. The fraction of sp³-hybridized carbons (Fsp3) is 0.235. The van der Waals surface area contributed by atoms with Crippen molar-refractivity contribution in [3.05, 3.63) is 57.8 Å². The van der Waals surface area contributed by atoms with Crippen LogP contribution < -0.4 is 5.32 Å². The number of ether oxygens (including phenoxy) is 1. The van der Waals surface area contributed by atoms with Gasteiger partial charge in [0.2, 0.25) is 0 Å². The molecule has 130 valence electrons. The van der Waals surface area contributed by atoms with Crippen LogP contribution in [-0.2, 0) is 4.74 Å². The molecule has 1 aromatic carbocycles. The second-order valence-electron chi connectivity index (χ2n) is 5.39. The molecule has 1 saturated heterocycles. The van der Waals surface area contributed by atoms with Crippen LogP contribution in [0.25, 0.3) is 0 Å². The molecule has 0 spiro atoms. The lowest BCUT2D eigenvalue weighted by Crippen LogP contribution is -2.41. The van der Waals surface area contributed by atoms with Crippen LogP contribution in [0.3, 0.4) is 0 Å². The number of halogens is 2. The summed E-state index contributed by atoms with van der Waals surface area (Å²) in [5, 5.41) is 3.46. The molecule has 0 aliphatic carbocycles. The standard InChI is InChI=1S/C17H15Cl2N3O3/c18-11-4-5-12(19)15(10-11)21-16(23)13-2-1-3-14(20-13)17(24)22-6-8-25-9-7-22/h1-5,10H,6-9H2,(H,21,23). The number of hydrogen-bond acceptors (Lipinski definition) is 4. The Labute approximate surface area is 154 Å². The average molecular weight is 380 g/mol. The molecule has 0 radical (unpaired) electrons. The van der Waals surface area contributed by atoms with E-state index in [1.165, 1.54) is 6.07 Å². The van der Waals surface area contributed by atoms with Gasteiger partial charge in [0, 0.05) is 18.1 Å². The lowest BCUT2D eigenvalue weighted by molar-refractivity contribution is 0.0299. The summed E-state index contributed by atoms with van der Waals surface area (Å²) >= 11 is 12.0. The minimum absolute atomic E-state index is 0.121. The summed E-state index contributed by atoms with van der Waals surface area (Å²) in [4.78, 5) is 30.7. The van der Waals surface area contributed by atoms with E-state index in [1.54, 1.807) is 35.2 Å². The van der Waals surface area contributed by atoms with Gasteiger partial charge in [-0.1, -0.05) is 29.3 Å². The largest absolute Gasteiger partial charge is 0.378 e. The minimum atomic E-state index is -0.471. The zero-order chi connectivity index (χ0) is 17.8. The number of amides is 2. The molecule has 8 heteroatoms. The van der Waals surface area contributed by atoms with Gasteiger partial charge in [0.25, 0.3) is 11.8 Å². The molecule has 1 aromatic heterocycles. The first-order valence-corrected chi connectivity index (χ1v) is 8.40. The van der Waals surface area contributed by atoms with E-state index >= 15 is 0 Å². The van der Waals surface area contributed by atoms with Crippen molar-refractivity contribution in [1.82, 2.24) is 9.88 Å². The number of pyridine rings is 1. The third-order valence-corrected chi connectivity index (χ3v) is 4.24. The molecule has 3 rings (SSSR count). The first kappa shape index (κ1) is 17.7. The number of morpholine rings is 1. The Kier molecular flexibility index (Phi) is 5.53. The molecule has 2 heterocycles. The molecule has 0 saturated carbocycles. The number of hydrogen-bond donors (Lipinski definition) is 1. The van der Waals surface area contributed by atoms with Crippen molar-refractivity contribution in [2.45, 2.75) is 0 Å². The van der Waals surface area contributed by atoms with Gasteiger partial charge in [-0.15, -0.1) is 0 Å². The zero-order valence-corrected chi connectivity index (χ0v) is 14.7. The van der Waals surface area contributed by atoms with Gasteiger partial charge in [0.1, 0.15) is 11.4 Å². The number of anilines is 1. The Hall–Kier alpha value is -2.15. The third kappa shape index (κ3) is 4.28. The van der Waals surface area contributed by atoms with Crippen molar-refractivity contribution in [2.24, 2.45) is 0 Å². The second-order valence-corrected chi connectivity index (χ2v) is 6.23. The molecule has 0 atom stereocenters. The molecular formula is C17H15Cl2N3O3. The molecule has 1 N–H and O–H groups in total. The third-order valence-electron chi connectivity index (χ3n) is 3.68. The molecule has 6 nitrogen and oxygen atoms in total. The molecule has 0 bridgehead atoms. The van der Waals surface area contributed by atoms with Crippen LogP contribution >= 0.6 is 23.2 Å². The summed E-state index contributed by atoms with van der Waals surface area (Å²) < 4.78 is 5.23. The average Bonchev–Trinajstić information content (AvgIpc) is 2.65. The number of nitrogens with one attached hydrogen (secondary N) is 1. The molecule has 0 unspecified atom stereocenters. The summed E-state index contributed by atoms with van der Waals surface area (Å²) in [6, 6.07) is 9.50. The first-order valence-electron chi connectivity index (χ1n) is 7.65. The van der Waals surface area contributed by atoms with E-state index < -0.39 is 5.91 Å². The summed E-state index contributed by atoms with van der Waals surface area (Å²) in [6.45, 7) is 2.02. The highest BCUT2D eigenvalue weighted by Crippen LogP contribution is 2.25. The molecule has 25 heavy (non-hydrogen) atoms. The predicted octanol–water partition coefficient (Wildman–Crippen LogP) is 3.11. The van der Waals surface area contributed by atoms with E-state index in [4.69, 9.17) is 27.9 Å². The molecule has 2 amide bonds. The Morgan fingerprint density at radius 3 is 2.56 bits per heavy atom. The van der Waals surface area contributed by atoms with E-state index in [0.717, 1.165) is 0 Å². The van der Waals surface area contributed by atoms with Crippen molar-refractivity contribution in [3.8, 4) is 0 Å². The highest BCUT2D eigenvalue weighted by atomic mass is 35.5. The van der Waals surface area contributed by atoms with Gasteiger partial charge in [-0.25, -0.2) is 4.98 Å². The molecule has 1 aliphatic heterocycles. The first-order chi connectivity index (χ1) is 12.0. The number of benzene rings is 1. The Morgan fingerprint density at radius 2 is 1.80 bits per heavy atom. The fourth-order valence-electron chi connectivity index (χ4n) is 2.39. The van der Waals surface area contributed by atoms with Crippen LogP contribution in [0.5, 0.6) is 0 Å². The zero-order valence-electron chi connectivity index (χ0n) is 13.2. The molecule has 1 fully saturated rings. The van der Waals surface area contributed by atoms with Gasteiger partial charge in [-0.2, -0.15) is 0 Å². The molecule has 1 aliphatic rings. The van der Waals surface area contributed by atoms with E-state index in [0.29, 0.717) is 42.0 Å². The lowest BCUT2D eigenvalue weighted by atomic mass is 10.2. The maximum absolute atomic E-state index is 12.5. The van der Waals surface area contributed by atoms with Gasteiger partial charge in [0.05, 0.1) is 23.9 Å². The van der Waals surface area contributed by atoms with E-state index in [9.17, 15) is 9.59 Å². The van der Waals surface area contributed by atoms with Crippen molar-refractivity contribution >= 4 is 40.7 Å². The number of aromatic nitrogens is 1. The van der Waals surface area contributed by atoms with Crippen LogP contribution in [0.4, 0.5) is 5.69 Å². The molecular weight excluding hydrogens is 365 g/mol. The highest BCUT2D eigenvalue weighted by molar-refractivity contribution is 6.35. The quantitative estimate of drug-likeness (QED) is 0.888. The van der Waals surface area contributed by atoms with Crippen molar-refractivity contribution in [1.29, 1.82) is 0 Å². The maximum atomic E-state index is 12.5. The van der Waals surface area contributed by atoms with Gasteiger partial charge >= 0.3 is 0 Å². The van der Waals surface area contributed by atoms with Crippen LogP contribution in [0.1, 0.15) is 21.0 Å². The smallest absolute Gasteiger partial charge is 0.274 e. The summed E-state index contributed by atoms with van der Waals surface area (Å²) in [5.41, 5.74) is 0.716. The van der Waals surface area contributed by atoms with Gasteiger partial charge in [-0.05, 0) is 30.3 Å². The number of carbonyl (C=O) groups excluding carboxylic acids is 2. The number of rotatable bonds is 3. The Balaban J connectivity index is 1.77. The Bertz CT molecular complexity index is 807.